The van der Waals surface area contributed by atoms with Crippen molar-refractivity contribution in [2.45, 2.75) is 46.1 Å². The van der Waals surface area contributed by atoms with Crippen molar-refractivity contribution in [2.75, 3.05) is 0 Å². The van der Waals surface area contributed by atoms with E-state index in [9.17, 15) is 4.79 Å². The SMILES string of the molecule is CC(=O)Oc1cccc2c1C=C[C@](C)(CCC=C(C)C)O2. The minimum atomic E-state index is -0.326. The highest BCUT2D eigenvalue weighted by Gasteiger charge is 2.28. The van der Waals surface area contributed by atoms with Gasteiger partial charge in [0.05, 0.1) is 5.56 Å². The molecule has 0 aliphatic carbocycles. The van der Waals surface area contributed by atoms with E-state index >= 15 is 0 Å². The fraction of sp³-hybridized carbons (Fsp3) is 0.389. The lowest BCUT2D eigenvalue weighted by Gasteiger charge is -2.32. The van der Waals surface area contributed by atoms with E-state index in [1.54, 1.807) is 6.07 Å². The zero-order valence-corrected chi connectivity index (χ0v) is 13.1. The standard InChI is InChI=1S/C18H22O3/c1-13(2)7-6-11-18(4)12-10-15-16(20-14(3)19)8-5-9-17(15)21-18/h5,7-10,12H,6,11H2,1-4H3/t18-/m0/s1. The molecule has 0 amide bonds. The van der Waals surface area contributed by atoms with Gasteiger partial charge >= 0.3 is 5.97 Å². The van der Waals surface area contributed by atoms with Crippen LogP contribution in [0.5, 0.6) is 11.5 Å². The molecule has 3 heteroatoms. The third-order valence-electron chi connectivity index (χ3n) is 3.42. The Morgan fingerprint density at radius 1 is 1.33 bits per heavy atom. The largest absolute Gasteiger partial charge is 0.483 e. The molecule has 0 spiro atoms. The number of hydrogen-bond acceptors (Lipinski definition) is 3. The zero-order valence-electron chi connectivity index (χ0n) is 13.1. The van der Waals surface area contributed by atoms with E-state index in [0.717, 1.165) is 24.2 Å². The van der Waals surface area contributed by atoms with E-state index in [1.807, 2.05) is 24.3 Å². The van der Waals surface area contributed by atoms with Gasteiger partial charge in [-0.3, -0.25) is 4.79 Å². The first-order valence-corrected chi connectivity index (χ1v) is 7.23. The molecule has 3 nitrogen and oxygen atoms in total. The van der Waals surface area contributed by atoms with Crippen LogP contribution in [-0.2, 0) is 4.79 Å². The van der Waals surface area contributed by atoms with Crippen molar-refractivity contribution in [3.05, 3.63) is 41.5 Å². The number of allylic oxidation sites excluding steroid dienone is 2. The molecule has 0 N–H and O–H groups in total. The van der Waals surface area contributed by atoms with Crippen molar-refractivity contribution in [1.29, 1.82) is 0 Å². The van der Waals surface area contributed by atoms with Gasteiger partial charge in [-0.05, 0) is 57.9 Å². The van der Waals surface area contributed by atoms with Crippen LogP contribution in [0, 0.1) is 0 Å². The second-order valence-corrected chi connectivity index (χ2v) is 5.83. The van der Waals surface area contributed by atoms with E-state index in [-0.39, 0.29) is 11.6 Å². The molecule has 0 saturated heterocycles. The topological polar surface area (TPSA) is 35.5 Å². The molecule has 1 aliphatic rings. The van der Waals surface area contributed by atoms with E-state index in [0.29, 0.717) is 5.75 Å². The van der Waals surface area contributed by atoms with Gasteiger partial charge in [-0.1, -0.05) is 17.7 Å². The first-order chi connectivity index (χ1) is 9.89. The average Bonchev–Trinajstić information content (AvgIpc) is 2.37. The molecule has 1 aromatic carbocycles. The van der Waals surface area contributed by atoms with E-state index in [1.165, 1.54) is 12.5 Å². The number of benzene rings is 1. The van der Waals surface area contributed by atoms with Crippen LogP contribution in [0.4, 0.5) is 0 Å². The van der Waals surface area contributed by atoms with Crippen molar-refractivity contribution in [3.63, 3.8) is 0 Å². The van der Waals surface area contributed by atoms with Gasteiger partial charge in [0.1, 0.15) is 17.1 Å². The molecular formula is C18H22O3. The summed E-state index contributed by atoms with van der Waals surface area (Å²) in [6.45, 7) is 7.67. The van der Waals surface area contributed by atoms with E-state index in [2.05, 4.69) is 26.8 Å². The Kier molecular flexibility index (Phi) is 4.51. The number of ether oxygens (including phenoxy) is 2. The molecular weight excluding hydrogens is 264 g/mol. The molecule has 21 heavy (non-hydrogen) atoms. The highest BCUT2D eigenvalue weighted by atomic mass is 16.5. The second kappa shape index (κ2) is 6.17. The number of esters is 1. The molecule has 0 unspecified atom stereocenters. The average molecular weight is 286 g/mol. The molecule has 2 rings (SSSR count). The predicted octanol–water partition coefficient (Wildman–Crippen LogP) is 4.52. The summed E-state index contributed by atoms with van der Waals surface area (Å²) in [6.07, 6.45) is 8.13. The fourth-order valence-electron chi connectivity index (χ4n) is 2.35. The first kappa shape index (κ1) is 15.4. The normalized spacial score (nSPS) is 19.4. The van der Waals surface area contributed by atoms with Crippen LogP contribution in [0.3, 0.4) is 0 Å². The van der Waals surface area contributed by atoms with Gasteiger partial charge in [-0.15, -0.1) is 0 Å². The van der Waals surface area contributed by atoms with Crippen molar-refractivity contribution in [2.24, 2.45) is 0 Å². The van der Waals surface area contributed by atoms with Crippen molar-refractivity contribution in [3.8, 4) is 11.5 Å². The summed E-state index contributed by atoms with van der Waals surface area (Å²) < 4.78 is 11.3. The van der Waals surface area contributed by atoms with Crippen molar-refractivity contribution in [1.82, 2.24) is 0 Å². The van der Waals surface area contributed by atoms with Crippen LogP contribution in [-0.4, -0.2) is 11.6 Å². The third-order valence-corrected chi connectivity index (χ3v) is 3.42. The highest BCUT2D eigenvalue weighted by molar-refractivity contribution is 5.74. The molecule has 1 heterocycles. The quantitative estimate of drug-likeness (QED) is 0.463. The van der Waals surface area contributed by atoms with Gasteiger partial charge in [0.15, 0.2) is 0 Å². The van der Waals surface area contributed by atoms with Crippen molar-refractivity contribution >= 4 is 12.0 Å². The molecule has 112 valence electrons. The number of rotatable bonds is 4. The highest BCUT2D eigenvalue weighted by Crippen LogP contribution is 2.38. The summed E-state index contributed by atoms with van der Waals surface area (Å²) >= 11 is 0. The summed E-state index contributed by atoms with van der Waals surface area (Å²) in [4.78, 5) is 11.1. The van der Waals surface area contributed by atoms with Gasteiger partial charge < -0.3 is 9.47 Å². The molecule has 0 fully saturated rings. The lowest BCUT2D eigenvalue weighted by molar-refractivity contribution is -0.131. The molecule has 0 radical (unpaired) electrons. The number of carbonyl (C=O) groups is 1. The number of fused-ring (bicyclic) bond motifs is 1. The summed E-state index contributed by atoms with van der Waals surface area (Å²) in [7, 11) is 0. The van der Waals surface area contributed by atoms with Gasteiger partial charge in [0, 0.05) is 6.92 Å². The number of hydrogen-bond donors (Lipinski definition) is 0. The van der Waals surface area contributed by atoms with Gasteiger partial charge in [0.25, 0.3) is 0 Å². The summed E-state index contributed by atoms with van der Waals surface area (Å²) in [5.74, 6) is 0.979. The Morgan fingerprint density at radius 2 is 2.10 bits per heavy atom. The smallest absolute Gasteiger partial charge is 0.308 e. The van der Waals surface area contributed by atoms with E-state index < -0.39 is 0 Å². The van der Waals surface area contributed by atoms with Crippen LogP contribution in [0.1, 0.15) is 46.1 Å². The molecule has 0 saturated carbocycles. The maximum absolute atomic E-state index is 11.1. The van der Waals surface area contributed by atoms with Crippen LogP contribution in [0.15, 0.2) is 35.9 Å². The van der Waals surface area contributed by atoms with E-state index in [4.69, 9.17) is 9.47 Å². The molecule has 1 aromatic rings. The minimum Gasteiger partial charge on any atom is -0.483 e. The summed E-state index contributed by atoms with van der Waals surface area (Å²) in [5.41, 5.74) is 1.82. The molecule has 1 atom stereocenters. The lowest BCUT2D eigenvalue weighted by atomic mass is 9.94. The van der Waals surface area contributed by atoms with Crippen LogP contribution >= 0.6 is 0 Å². The number of carbonyl (C=O) groups excluding carboxylic acids is 1. The Bertz CT molecular complexity index is 594. The van der Waals surface area contributed by atoms with Crippen molar-refractivity contribution < 1.29 is 14.3 Å². The summed E-state index contributed by atoms with van der Waals surface area (Å²) in [6, 6.07) is 5.53. The lowest BCUT2D eigenvalue weighted by Crippen LogP contribution is -2.31. The van der Waals surface area contributed by atoms with Crippen LogP contribution < -0.4 is 9.47 Å². The molecule has 1 aliphatic heterocycles. The van der Waals surface area contributed by atoms with Gasteiger partial charge in [0.2, 0.25) is 0 Å². The second-order valence-electron chi connectivity index (χ2n) is 5.83. The van der Waals surface area contributed by atoms with Crippen LogP contribution in [0.25, 0.3) is 6.08 Å². The maximum Gasteiger partial charge on any atom is 0.308 e. The van der Waals surface area contributed by atoms with Gasteiger partial charge in [-0.2, -0.15) is 0 Å². The predicted molar refractivity (Wildman–Crippen MR) is 84.5 cm³/mol. The molecule has 0 aromatic heterocycles. The first-order valence-electron chi connectivity index (χ1n) is 7.23. The zero-order chi connectivity index (χ0) is 15.5. The Morgan fingerprint density at radius 3 is 2.76 bits per heavy atom. The Labute approximate surface area is 126 Å². The maximum atomic E-state index is 11.1. The Hall–Kier alpha value is -2.03. The monoisotopic (exact) mass is 286 g/mol. The summed E-state index contributed by atoms with van der Waals surface area (Å²) in [5, 5.41) is 0. The Balaban J connectivity index is 2.18. The van der Waals surface area contributed by atoms with Crippen LogP contribution in [0.2, 0.25) is 0 Å². The van der Waals surface area contributed by atoms with Gasteiger partial charge in [-0.25, -0.2) is 0 Å². The third kappa shape index (κ3) is 3.97. The molecule has 0 bridgehead atoms. The minimum absolute atomic E-state index is 0.325. The fourth-order valence-corrected chi connectivity index (χ4v) is 2.35.